The minimum absolute atomic E-state index is 0.0393. The normalized spacial score (nSPS) is 11.0. The Hall–Kier alpha value is -3.85. The van der Waals surface area contributed by atoms with Crippen molar-refractivity contribution in [3.63, 3.8) is 0 Å². The summed E-state index contributed by atoms with van der Waals surface area (Å²) in [6, 6.07) is 15.6. The summed E-state index contributed by atoms with van der Waals surface area (Å²) >= 11 is 0. The number of hydrogen-bond donors (Lipinski definition) is 3. The molecule has 31 heavy (non-hydrogen) atoms. The number of imidazole rings is 1. The van der Waals surface area contributed by atoms with E-state index in [0.717, 1.165) is 28.7 Å². The number of carboxylic acid groups (broad SMARTS) is 1. The number of carboxylic acids is 1. The van der Waals surface area contributed by atoms with Crippen LogP contribution in [0.4, 0.5) is 0 Å². The molecule has 0 saturated carbocycles. The van der Waals surface area contributed by atoms with Crippen molar-refractivity contribution >= 4 is 5.97 Å². The lowest BCUT2D eigenvalue weighted by Crippen LogP contribution is -2.13. The highest BCUT2D eigenvalue weighted by Gasteiger charge is 2.22. The lowest BCUT2D eigenvalue weighted by molar-refractivity contribution is 0.0671. The quantitative estimate of drug-likeness (QED) is 0.401. The fraction of sp³-hybridized carbons (Fsp3) is 0.227. The van der Waals surface area contributed by atoms with Crippen molar-refractivity contribution in [3.05, 3.63) is 71.3 Å². The Morgan fingerprint density at radius 1 is 1.10 bits per heavy atom. The molecular formula is C22H22N6O3. The van der Waals surface area contributed by atoms with Gasteiger partial charge in [-0.2, -0.15) is 5.21 Å². The number of rotatable bonds is 8. The molecular weight excluding hydrogens is 396 g/mol. The summed E-state index contributed by atoms with van der Waals surface area (Å²) in [5.74, 6) is 0.0106. The Morgan fingerprint density at radius 2 is 1.84 bits per heavy atom. The number of H-pyrrole nitrogens is 1. The third-order valence-electron chi connectivity index (χ3n) is 5.09. The van der Waals surface area contributed by atoms with Gasteiger partial charge in [-0.05, 0) is 28.3 Å². The van der Waals surface area contributed by atoms with Crippen LogP contribution in [0.1, 0.15) is 40.9 Å². The molecule has 0 aliphatic rings. The first-order valence-corrected chi connectivity index (χ1v) is 9.97. The van der Waals surface area contributed by atoms with Gasteiger partial charge in [0.15, 0.2) is 5.69 Å². The maximum absolute atomic E-state index is 11.8. The molecule has 0 amide bonds. The average Bonchev–Trinajstić information content (AvgIpc) is 3.43. The van der Waals surface area contributed by atoms with Crippen LogP contribution in [0.5, 0.6) is 0 Å². The van der Waals surface area contributed by atoms with E-state index < -0.39 is 12.7 Å². The number of hydrogen-bond acceptors (Lipinski definition) is 6. The second-order valence-electron chi connectivity index (χ2n) is 7.10. The molecule has 2 aromatic carbocycles. The Balaban J connectivity index is 1.65. The molecule has 2 aromatic heterocycles. The SMILES string of the molecule is CCCc1nc(Cc2ccc(-c3ccccc3-c3nn[nH]n3)cc2)c(C(=O)O)n1CO. The van der Waals surface area contributed by atoms with E-state index in [2.05, 4.69) is 25.6 Å². The lowest BCUT2D eigenvalue weighted by atomic mass is 9.97. The lowest BCUT2D eigenvalue weighted by Gasteiger charge is -2.08. The predicted molar refractivity (Wildman–Crippen MR) is 113 cm³/mol. The number of carbonyl (C=O) groups is 1. The van der Waals surface area contributed by atoms with Gasteiger partial charge in [0.25, 0.3) is 0 Å². The van der Waals surface area contributed by atoms with Gasteiger partial charge >= 0.3 is 5.97 Å². The maximum Gasteiger partial charge on any atom is 0.354 e. The minimum Gasteiger partial charge on any atom is -0.477 e. The zero-order valence-electron chi connectivity index (χ0n) is 17.0. The second-order valence-corrected chi connectivity index (χ2v) is 7.10. The summed E-state index contributed by atoms with van der Waals surface area (Å²) in [7, 11) is 0. The van der Waals surface area contributed by atoms with E-state index in [1.54, 1.807) is 0 Å². The largest absolute Gasteiger partial charge is 0.477 e. The van der Waals surface area contributed by atoms with Crippen LogP contribution in [-0.2, 0) is 19.6 Å². The summed E-state index contributed by atoms with van der Waals surface area (Å²) in [5.41, 5.74) is 4.23. The van der Waals surface area contributed by atoms with E-state index in [1.165, 1.54) is 4.57 Å². The zero-order valence-corrected chi connectivity index (χ0v) is 17.0. The third kappa shape index (κ3) is 4.08. The van der Waals surface area contributed by atoms with Crippen LogP contribution in [-0.4, -0.2) is 46.4 Å². The Bertz CT molecular complexity index is 1180. The van der Waals surface area contributed by atoms with Crippen LogP contribution in [0.2, 0.25) is 0 Å². The molecule has 4 aromatic rings. The van der Waals surface area contributed by atoms with E-state index in [0.29, 0.717) is 30.2 Å². The Labute approximate surface area is 178 Å². The highest BCUT2D eigenvalue weighted by atomic mass is 16.4. The second kappa shape index (κ2) is 8.88. The van der Waals surface area contributed by atoms with Gasteiger partial charge in [-0.3, -0.25) is 4.57 Å². The van der Waals surface area contributed by atoms with Crippen LogP contribution in [0.15, 0.2) is 48.5 Å². The molecule has 0 radical (unpaired) electrons. The summed E-state index contributed by atoms with van der Waals surface area (Å²) in [6.45, 7) is 1.58. The number of benzene rings is 2. The Kier molecular flexibility index (Phi) is 5.85. The first-order valence-electron chi connectivity index (χ1n) is 9.97. The maximum atomic E-state index is 11.8. The van der Waals surface area contributed by atoms with Crippen molar-refractivity contribution in [1.82, 2.24) is 30.2 Å². The monoisotopic (exact) mass is 418 g/mol. The smallest absolute Gasteiger partial charge is 0.354 e. The van der Waals surface area contributed by atoms with Crippen molar-refractivity contribution in [2.75, 3.05) is 0 Å². The molecule has 158 valence electrons. The van der Waals surface area contributed by atoms with E-state index in [-0.39, 0.29) is 5.69 Å². The zero-order chi connectivity index (χ0) is 21.8. The standard InChI is InChI=1S/C22H22N6O3/c1-2-5-19-23-18(20(22(30)31)28(19)13-29)12-14-8-10-15(11-9-14)16-6-3-4-7-17(16)21-24-26-27-25-21/h3-4,6-11,29H,2,5,12-13H2,1H3,(H,30,31)(H,24,25,26,27). The first kappa shape index (κ1) is 20.4. The summed E-state index contributed by atoms with van der Waals surface area (Å²) in [6.07, 6.45) is 1.77. The molecule has 0 fully saturated rings. The molecule has 0 atom stereocenters. The molecule has 0 aliphatic heterocycles. The van der Waals surface area contributed by atoms with Crippen LogP contribution < -0.4 is 0 Å². The van der Waals surface area contributed by atoms with E-state index in [1.807, 2.05) is 55.5 Å². The van der Waals surface area contributed by atoms with Gasteiger partial charge in [0.05, 0.1) is 5.69 Å². The molecule has 0 aliphatic carbocycles. The Morgan fingerprint density at radius 3 is 2.45 bits per heavy atom. The number of nitrogens with one attached hydrogen (secondary N) is 1. The molecule has 3 N–H and O–H groups in total. The number of tetrazole rings is 1. The highest BCUT2D eigenvalue weighted by molar-refractivity contribution is 5.87. The van der Waals surface area contributed by atoms with Crippen LogP contribution in [0, 0.1) is 0 Å². The van der Waals surface area contributed by atoms with Gasteiger partial charge in [0.1, 0.15) is 12.6 Å². The number of nitrogens with zero attached hydrogens (tertiary/aromatic N) is 5. The van der Waals surface area contributed by atoms with Crippen molar-refractivity contribution in [3.8, 4) is 22.5 Å². The van der Waals surface area contributed by atoms with Crippen molar-refractivity contribution in [2.45, 2.75) is 32.9 Å². The molecule has 9 nitrogen and oxygen atoms in total. The van der Waals surface area contributed by atoms with Crippen molar-refractivity contribution in [2.24, 2.45) is 0 Å². The van der Waals surface area contributed by atoms with Gasteiger partial charge in [-0.25, -0.2) is 9.78 Å². The topological polar surface area (TPSA) is 130 Å². The fourth-order valence-electron chi connectivity index (χ4n) is 3.68. The van der Waals surface area contributed by atoms with Gasteiger partial charge in [-0.15, -0.1) is 10.2 Å². The van der Waals surface area contributed by atoms with Crippen LogP contribution >= 0.6 is 0 Å². The number of aromatic nitrogens is 6. The molecule has 0 bridgehead atoms. The van der Waals surface area contributed by atoms with Gasteiger partial charge < -0.3 is 10.2 Å². The van der Waals surface area contributed by atoms with E-state index in [4.69, 9.17) is 0 Å². The predicted octanol–water partition coefficient (Wildman–Crippen LogP) is 2.92. The molecule has 2 heterocycles. The fourth-order valence-corrected chi connectivity index (χ4v) is 3.68. The van der Waals surface area contributed by atoms with Gasteiger partial charge in [-0.1, -0.05) is 55.5 Å². The summed E-state index contributed by atoms with van der Waals surface area (Å²) in [5, 5.41) is 33.6. The van der Waals surface area contributed by atoms with E-state index >= 15 is 0 Å². The van der Waals surface area contributed by atoms with Crippen LogP contribution in [0.25, 0.3) is 22.5 Å². The van der Waals surface area contributed by atoms with Crippen molar-refractivity contribution in [1.29, 1.82) is 0 Å². The minimum atomic E-state index is -1.09. The number of aromatic carboxylic acids is 1. The molecule has 4 rings (SSSR count). The van der Waals surface area contributed by atoms with Gasteiger partial charge in [0, 0.05) is 18.4 Å². The average molecular weight is 418 g/mol. The number of aliphatic hydroxyl groups is 1. The number of aromatic amines is 1. The third-order valence-corrected chi connectivity index (χ3v) is 5.09. The first-order chi connectivity index (χ1) is 15.1. The van der Waals surface area contributed by atoms with E-state index in [9.17, 15) is 15.0 Å². The molecule has 0 spiro atoms. The summed E-state index contributed by atoms with van der Waals surface area (Å²) < 4.78 is 1.37. The van der Waals surface area contributed by atoms with Crippen LogP contribution in [0.3, 0.4) is 0 Å². The number of aliphatic hydroxyl groups excluding tert-OH is 1. The molecule has 9 heteroatoms. The van der Waals surface area contributed by atoms with Gasteiger partial charge in [0.2, 0.25) is 5.82 Å². The number of aryl methyl sites for hydroxylation is 1. The summed E-state index contributed by atoms with van der Waals surface area (Å²) in [4.78, 5) is 16.3. The molecule has 0 unspecified atom stereocenters. The van der Waals surface area contributed by atoms with Crippen molar-refractivity contribution < 1.29 is 15.0 Å². The highest BCUT2D eigenvalue weighted by Crippen LogP contribution is 2.30. The molecule has 0 saturated heterocycles.